The zero-order chi connectivity index (χ0) is 25.7. The number of hydrogen-bond acceptors (Lipinski definition) is 1. The molecule has 0 aliphatic rings. The predicted molar refractivity (Wildman–Crippen MR) is 157 cm³/mol. The Balaban J connectivity index is 0.000000205. The Kier molecular flexibility index (Phi) is 11.3. The number of pyridine rings is 1. The third-order valence-corrected chi connectivity index (χ3v) is 5.72. The summed E-state index contributed by atoms with van der Waals surface area (Å²) in [6, 6.07) is 46.7. The summed E-state index contributed by atoms with van der Waals surface area (Å²) >= 11 is 0. The van der Waals surface area contributed by atoms with Crippen LogP contribution in [0.25, 0.3) is 38.9 Å². The van der Waals surface area contributed by atoms with Gasteiger partial charge in [0.15, 0.2) is 0 Å². The van der Waals surface area contributed by atoms with Crippen LogP contribution in [0.2, 0.25) is 0 Å². The molecule has 1 heterocycles. The third kappa shape index (κ3) is 8.18. The van der Waals surface area contributed by atoms with Gasteiger partial charge in [-0.2, -0.15) is 6.21 Å². The molecule has 1 aromatic heterocycles. The first kappa shape index (κ1) is 28.4. The number of benzene rings is 4. The van der Waals surface area contributed by atoms with Crippen molar-refractivity contribution in [1.82, 2.24) is 4.98 Å². The number of aromatic nitrogens is 1. The molecule has 0 spiro atoms. The average Bonchev–Trinajstić information content (AvgIpc) is 2.99. The fraction of sp³-hybridized carbons (Fsp3) is 0.0286. The van der Waals surface area contributed by atoms with Gasteiger partial charge in [0.2, 0.25) is 0 Å². The molecule has 0 atom stereocenters. The van der Waals surface area contributed by atoms with E-state index in [-0.39, 0.29) is 20.1 Å². The molecule has 0 N–H and O–H groups in total. The number of nitrogens with zero attached hydrogens (tertiary/aromatic N) is 2. The second-order valence-electron chi connectivity index (χ2n) is 8.31. The average molecular weight is 668 g/mol. The van der Waals surface area contributed by atoms with Crippen molar-refractivity contribution in [2.24, 2.45) is 0 Å². The normalized spacial score (nSPS) is 11.0. The minimum Gasteiger partial charge on any atom is -0.811 e. The maximum absolute atomic E-state index is 9.04. The molecule has 38 heavy (non-hydrogen) atoms. The SMILES string of the molecule is C/C(=C\C(=C/C=[N-])c1ccccc1)c1[c-]cccc1.[Ir+3].[c-]1ccc(-c2ccccc2)cc1-c1ccccn1. The van der Waals surface area contributed by atoms with E-state index in [4.69, 9.17) is 5.41 Å². The van der Waals surface area contributed by atoms with Crippen molar-refractivity contribution < 1.29 is 20.1 Å². The molecular weight excluding hydrogens is 641 g/mol. The van der Waals surface area contributed by atoms with Gasteiger partial charge in [0, 0.05) is 6.20 Å². The van der Waals surface area contributed by atoms with Crippen LogP contribution in [0.4, 0.5) is 0 Å². The van der Waals surface area contributed by atoms with Crippen molar-refractivity contribution in [2.75, 3.05) is 0 Å². The van der Waals surface area contributed by atoms with E-state index in [1.807, 2.05) is 110 Å². The Labute approximate surface area is 239 Å². The summed E-state index contributed by atoms with van der Waals surface area (Å²) in [7, 11) is 0. The standard InChI is InChI=1S/C18H15N.C17H12N.Ir/c1-15(16-8-4-2-5-9-16)14-18(12-13-19)17-10-6-3-7-11-17;1-2-7-14(8-3-1)15-9-6-10-16(13-15)17-11-4-5-12-18-17;/h2-8,10-14H,1H3;1-9,11-13H;/q-2;-1;+3/b15-14+,18-12+;;. The molecule has 0 aliphatic carbocycles. The molecule has 0 fully saturated rings. The molecule has 0 bridgehead atoms. The zero-order valence-corrected chi connectivity index (χ0v) is 23.5. The zero-order valence-electron chi connectivity index (χ0n) is 21.1. The van der Waals surface area contributed by atoms with Gasteiger partial charge >= 0.3 is 20.1 Å². The number of rotatable bonds is 6. The molecule has 0 saturated carbocycles. The first-order valence-electron chi connectivity index (χ1n) is 12.1. The molecule has 0 radical (unpaired) electrons. The molecule has 5 aromatic rings. The first-order valence-corrected chi connectivity index (χ1v) is 12.1. The fourth-order valence-corrected chi connectivity index (χ4v) is 3.83. The Morgan fingerprint density at radius 1 is 0.737 bits per heavy atom. The minimum atomic E-state index is 0. The molecular formula is C35H27IrN2. The summed E-state index contributed by atoms with van der Waals surface area (Å²) in [4.78, 5) is 4.35. The van der Waals surface area contributed by atoms with E-state index in [9.17, 15) is 0 Å². The predicted octanol–water partition coefficient (Wildman–Crippen LogP) is 8.83. The molecule has 0 unspecified atom stereocenters. The third-order valence-electron chi connectivity index (χ3n) is 5.72. The fourth-order valence-electron chi connectivity index (χ4n) is 3.83. The number of hydrogen-bond donors (Lipinski definition) is 0. The van der Waals surface area contributed by atoms with Crippen LogP contribution in [0.5, 0.6) is 0 Å². The van der Waals surface area contributed by atoms with Gasteiger partial charge in [0.05, 0.1) is 0 Å². The van der Waals surface area contributed by atoms with Gasteiger partial charge in [-0.3, -0.25) is 0 Å². The van der Waals surface area contributed by atoms with Gasteiger partial charge in [0.1, 0.15) is 0 Å². The summed E-state index contributed by atoms with van der Waals surface area (Å²) in [5, 5.41) is 9.04. The van der Waals surface area contributed by atoms with Gasteiger partial charge < -0.3 is 10.4 Å². The first-order chi connectivity index (χ1) is 18.2. The monoisotopic (exact) mass is 668 g/mol. The van der Waals surface area contributed by atoms with Crippen molar-refractivity contribution in [3.05, 3.63) is 168 Å². The quantitative estimate of drug-likeness (QED) is 0.101. The molecule has 5 rings (SSSR count). The molecule has 186 valence electrons. The van der Waals surface area contributed by atoms with Crippen LogP contribution >= 0.6 is 0 Å². The summed E-state index contributed by atoms with van der Waals surface area (Å²) in [5.41, 5.74) is 8.59. The summed E-state index contributed by atoms with van der Waals surface area (Å²) in [6.07, 6.45) is 6.62. The van der Waals surface area contributed by atoms with E-state index in [0.717, 1.165) is 39.7 Å². The molecule has 0 amide bonds. The molecule has 4 aromatic carbocycles. The topological polar surface area (TPSA) is 35.2 Å². The smallest absolute Gasteiger partial charge is 0.811 e. The van der Waals surface area contributed by atoms with Crippen molar-refractivity contribution in [2.45, 2.75) is 6.92 Å². The Morgan fingerprint density at radius 3 is 2.11 bits per heavy atom. The van der Waals surface area contributed by atoms with Gasteiger partial charge in [-0.05, 0) is 28.5 Å². The van der Waals surface area contributed by atoms with Crippen molar-refractivity contribution in [3.8, 4) is 22.4 Å². The van der Waals surface area contributed by atoms with Crippen LogP contribution in [0.15, 0.2) is 140 Å². The van der Waals surface area contributed by atoms with Crippen LogP contribution < -0.4 is 0 Å². The van der Waals surface area contributed by atoms with Crippen LogP contribution in [0.3, 0.4) is 0 Å². The maximum Gasteiger partial charge on any atom is 3.00 e. The Hall–Kier alpha value is -4.17. The van der Waals surface area contributed by atoms with Crippen LogP contribution in [0.1, 0.15) is 18.1 Å². The summed E-state index contributed by atoms with van der Waals surface area (Å²) < 4.78 is 0. The second-order valence-corrected chi connectivity index (χ2v) is 8.31. The van der Waals surface area contributed by atoms with Gasteiger partial charge in [-0.25, -0.2) is 0 Å². The van der Waals surface area contributed by atoms with Gasteiger partial charge in [-0.15, -0.1) is 76.9 Å². The second kappa shape index (κ2) is 15.2. The van der Waals surface area contributed by atoms with Gasteiger partial charge in [-0.1, -0.05) is 91.9 Å². The molecule has 2 nitrogen and oxygen atoms in total. The Morgan fingerprint density at radius 2 is 1.45 bits per heavy atom. The Bertz CT molecular complexity index is 1410. The maximum atomic E-state index is 9.04. The van der Waals surface area contributed by atoms with Crippen molar-refractivity contribution >= 4 is 17.4 Å². The molecule has 0 saturated heterocycles. The largest absolute Gasteiger partial charge is 3.00 e. The molecule has 3 heteroatoms. The van der Waals surface area contributed by atoms with E-state index in [0.29, 0.717) is 0 Å². The number of allylic oxidation sites excluding steroid dienone is 4. The van der Waals surface area contributed by atoms with Gasteiger partial charge in [0.25, 0.3) is 0 Å². The summed E-state index contributed by atoms with van der Waals surface area (Å²) in [5.74, 6) is 0. The van der Waals surface area contributed by atoms with E-state index in [1.54, 1.807) is 12.3 Å². The van der Waals surface area contributed by atoms with E-state index < -0.39 is 0 Å². The van der Waals surface area contributed by atoms with Crippen molar-refractivity contribution in [3.63, 3.8) is 0 Å². The van der Waals surface area contributed by atoms with Crippen LogP contribution in [-0.2, 0) is 20.1 Å². The van der Waals surface area contributed by atoms with E-state index in [1.165, 1.54) is 11.1 Å². The molecule has 0 aliphatic heterocycles. The summed E-state index contributed by atoms with van der Waals surface area (Å²) in [6.45, 7) is 2.04. The van der Waals surface area contributed by atoms with Crippen LogP contribution in [-0.4, -0.2) is 11.2 Å². The van der Waals surface area contributed by atoms with Crippen molar-refractivity contribution in [1.29, 1.82) is 0 Å². The minimum absolute atomic E-state index is 0. The van der Waals surface area contributed by atoms with E-state index in [2.05, 4.69) is 41.4 Å². The van der Waals surface area contributed by atoms with Crippen LogP contribution in [0, 0.1) is 12.1 Å². The van der Waals surface area contributed by atoms with E-state index >= 15 is 0 Å².